The van der Waals surface area contributed by atoms with E-state index in [4.69, 9.17) is 9.05 Å². The fourth-order valence-corrected chi connectivity index (χ4v) is 2.73. The van der Waals surface area contributed by atoms with Gasteiger partial charge in [-0.25, -0.2) is 9.24 Å². The molecule has 0 aromatic rings. The van der Waals surface area contributed by atoms with E-state index in [1.807, 2.05) is 13.8 Å². The zero-order valence-corrected chi connectivity index (χ0v) is 8.88. The van der Waals surface area contributed by atoms with E-state index >= 15 is 0 Å². The van der Waals surface area contributed by atoms with E-state index in [-0.39, 0.29) is 12.2 Å². The molecule has 0 aliphatic carbocycles. The highest BCUT2D eigenvalue weighted by Gasteiger charge is 2.37. The van der Waals surface area contributed by atoms with Crippen molar-refractivity contribution in [3.05, 3.63) is 0 Å². The van der Waals surface area contributed by atoms with Crippen LogP contribution in [-0.2, 0) is 13.6 Å². The molecular formula is C7H16NO3P. The standard InChI is InChI=1S/C7H16NO3P/c1-6-5-7(2)11-12(9,10-6)8(3)4/h6-7H,5H2,1-4H3. The molecule has 0 spiro atoms. The van der Waals surface area contributed by atoms with Crippen LogP contribution >= 0.6 is 7.75 Å². The third-order valence-electron chi connectivity index (χ3n) is 1.78. The maximum absolute atomic E-state index is 11.8. The molecule has 1 fully saturated rings. The highest BCUT2D eigenvalue weighted by atomic mass is 31.2. The summed E-state index contributed by atoms with van der Waals surface area (Å²) in [5.41, 5.74) is 0. The van der Waals surface area contributed by atoms with Crippen LogP contribution in [0, 0.1) is 0 Å². The molecule has 0 saturated carbocycles. The van der Waals surface area contributed by atoms with Gasteiger partial charge in [0.1, 0.15) is 0 Å². The predicted molar refractivity (Wildman–Crippen MR) is 47.0 cm³/mol. The van der Waals surface area contributed by atoms with Crippen molar-refractivity contribution < 1.29 is 13.6 Å². The van der Waals surface area contributed by atoms with E-state index in [0.717, 1.165) is 6.42 Å². The smallest absolute Gasteiger partial charge is 0.293 e. The molecule has 1 heterocycles. The molecule has 1 aliphatic rings. The topological polar surface area (TPSA) is 38.8 Å². The van der Waals surface area contributed by atoms with Gasteiger partial charge in [-0.3, -0.25) is 9.05 Å². The molecule has 0 N–H and O–H groups in total. The molecule has 0 amide bonds. The van der Waals surface area contributed by atoms with E-state index in [2.05, 4.69) is 0 Å². The third kappa shape index (κ3) is 2.07. The van der Waals surface area contributed by atoms with Gasteiger partial charge in [0, 0.05) is 6.42 Å². The molecular weight excluding hydrogens is 177 g/mol. The number of rotatable bonds is 1. The van der Waals surface area contributed by atoms with Gasteiger partial charge < -0.3 is 0 Å². The summed E-state index contributed by atoms with van der Waals surface area (Å²) < 4.78 is 23.9. The average molecular weight is 193 g/mol. The maximum Gasteiger partial charge on any atom is 0.408 e. The first kappa shape index (κ1) is 10.2. The fraction of sp³-hybridized carbons (Fsp3) is 1.00. The van der Waals surface area contributed by atoms with Crippen LogP contribution in [0.1, 0.15) is 20.3 Å². The minimum atomic E-state index is -2.96. The summed E-state index contributed by atoms with van der Waals surface area (Å²) in [6, 6.07) is 0. The van der Waals surface area contributed by atoms with Crippen molar-refractivity contribution >= 4 is 7.75 Å². The van der Waals surface area contributed by atoms with E-state index < -0.39 is 7.75 Å². The van der Waals surface area contributed by atoms with E-state index in [0.29, 0.717) is 0 Å². The predicted octanol–water partition coefficient (Wildman–Crippen LogP) is 1.87. The number of hydrogen-bond acceptors (Lipinski definition) is 3. The Morgan fingerprint density at radius 1 is 1.25 bits per heavy atom. The zero-order valence-electron chi connectivity index (χ0n) is 7.98. The van der Waals surface area contributed by atoms with E-state index in [1.165, 1.54) is 4.67 Å². The van der Waals surface area contributed by atoms with Crippen molar-refractivity contribution in [3.63, 3.8) is 0 Å². The van der Waals surface area contributed by atoms with Gasteiger partial charge in [-0.2, -0.15) is 0 Å². The van der Waals surface area contributed by atoms with Crippen LogP contribution in [0.5, 0.6) is 0 Å². The maximum atomic E-state index is 11.8. The first-order valence-corrected chi connectivity index (χ1v) is 5.58. The minimum absolute atomic E-state index is 0.0157. The quantitative estimate of drug-likeness (QED) is 0.596. The Hall–Kier alpha value is 0.110. The molecule has 72 valence electrons. The molecule has 12 heavy (non-hydrogen) atoms. The van der Waals surface area contributed by atoms with Crippen molar-refractivity contribution in [1.29, 1.82) is 0 Å². The second-order valence-corrected chi connectivity index (χ2v) is 5.54. The number of nitrogens with zero attached hydrogens (tertiary/aromatic N) is 1. The lowest BCUT2D eigenvalue weighted by molar-refractivity contribution is 0.0308. The van der Waals surface area contributed by atoms with Crippen LogP contribution in [0.3, 0.4) is 0 Å². The first-order chi connectivity index (χ1) is 5.44. The lowest BCUT2D eigenvalue weighted by Crippen LogP contribution is -2.29. The lowest BCUT2D eigenvalue weighted by atomic mass is 10.2. The van der Waals surface area contributed by atoms with Crippen LogP contribution in [0.2, 0.25) is 0 Å². The Morgan fingerprint density at radius 3 is 2.00 bits per heavy atom. The highest BCUT2D eigenvalue weighted by Crippen LogP contribution is 2.55. The van der Waals surface area contributed by atoms with Crippen molar-refractivity contribution in [2.24, 2.45) is 0 Å². The Morgan fingerprint density at radius 2 is 1.67 bits per heavy atom. The molecule has 2 unspecified atom stereocenters. The monoisotopic (exact) mass is 193 g/mol. The molecule has 2 atom stereocenters. The highest BCUT2D eigenvalue weighted by molar-refractivity contribution is 7.51. The first-order valence-electron chi connectivity index (χ1n) is 4.08. The van der Waals surface area contributed by atoms with Gasteiger partial charge in [-0.1, -0.05) is 0 Å². The molecule has 0 aromatic heterocycles. The largest absolute Gasteiger partial charge is 0.408 e. The normalized spacial score (nSPS) is 43.4. The van der Waals surface area contributed by atoms with Gasteiger partial charge in [-0.15, -0.1) is 0 Å². The average Bonchev–Trinajstić information content (AvgIpc) is 1.82. The molecule has 1 aliphatic heterocycles. The SMILES string of the molecule is CC1CC(C)OP(=O)(N(C)C)O1. The summed E-state index contributed by atoms with van der Waals surface area (Å²) in [5.74, 6) is 0. The Labute approximate surface area is 73.4 Å². The van der Waals surface area contributed by atoms with Gasteiger partial charge in [0.15, 0.2) is 0 Å². The van der Waals surface area contributed by atoms with Crippen LogP contribution in [0.15, 0.2) is 0 Å². The van der Waals surface area contributed by atoms with Gasteiger partial charge in [-0.05, 0) is 27.9 Å². The number of hydrogen-bond donors (Lipinski definition) is 0. The van der Waals surface area contributed by atoms with Crippen molar-refractivity contribution in [1.82, 2.24) is 4.67 Å². The Kier molecular flexibility index (Phi) is 2.94. The molecule has 1 saturated heterocycles. The molecule has 0 aromatic carbocycles. The molecule has 4 nitrogen and oxygen atoms in total. The van der Waals surface area contributed by atoms with Gasteiger partial charge >= 0.3 is 7.75 Å². The Bertz CT molecular complexity index is 193. The van der Waals surface area contributed by atoms with Gasteiger partial charge in [0.05, 0.1) is 12.2 Å². The summed E-state index contributed by atoms with van der Waals surface area (Å²) >= 11 is 0. The molecule has 0 bridgehead atoms. The minimum Gasteiger partial charge on any atom is -0.293 e. The Balaban J connectivity index is 2.72. The molecule has 0 radical (unpaired) electrons. The van der Waals surface area contributed by atoms with Crippen LogP contribution in [0.25, 0.3) is 0 Å². The van der Waals surface area contributed by atoms with E-state index in [9.17, 15) is 4.57 Å². The van der Waals surface area contributed by atoms with Gasteiger partial charge in [0.2, 0.25) is 0 Å². The van der Waals surface area contributed by atoms with Crippen molar-refractivity contribution in [2.45, 2.75) is 32.5 Å². The second-order valence-electron chi connectivity index (χ2n) is 3.38. The van der Waals surface area contributed by atoms with Crippen molar-refractivity contribution in [3.8, 4) is 0 Å². The third-order valence-corrected chi connectivity index (χ3v) is 4.01. The van der Waals surface area contributed by atoms with Crippen LogP contribution < -0.4 is 0 Å². The summed E-state index contributed by atoms with van der Waals surface area (Å²) in [6.07, 6.45) is 0.835. The molecule has 1 rings (SSSR count). The second kappa shape index (κ2) is 3.46. The summed E-state index contributed by atoms with van der Waals surface area (Å²) in [4.78, 5) is 0. The molecule has 5 heteroatoms. The lowest BCUT2D eigenvalue weighted by Gasteiger charge is -2.34. The van der Waals surface area contributed by atoms with Gasteiger partial charge in [0.25, 0.3) is 0 Å². The summed E-state index contributed by atoms with van der Waals surface area (Å²) in [7, 11) is 0.436. The fourth-order valence-electron chi connectivity index (χ4n) is 1.22. The summed E-state index contributed by atoms with van der Waals surface area (Å²) in [5, 5.41) is 0. The van der Waals surface area contributed by atoms with E-state index in [1.54, 1.807) is 14.1 Å². The van der Waals surface area contributed by atoms with Crippen LogP contribution in [0.4, 0.5) is 0 Å². The van der Waals surface area contributed by atoms with Crippen molar-refractivity contribution in [2.75, 3.05) is 14.1 Å². The summed E-state index contributed by atoms with van der Waals surface area (Å²) in [6.45, 7) is 3.82. The van der Waals surface area contributed by atoms with Crippen LogP contribution in [-0.4, -0.2) is 31.0 Å². The zero-order chi connectivity index (χ0) is 9.35.